The highest BCUT2D eigenvalue weighted by molar-refractivity contribution is 6.30. The predicted molar refractivity (Wildman–Crippen MR) is 101 cm³/mol. The number of aliphatic hydroxyl groups excluding tert-OH is 1. The van der Waals surface area contributed by atoms with Crippen LogP contribution >= 0.6 is 11.6 Å². The lowest BCUT2D eigenvalue weighted by atomic mass is 10.1. The summed E-state index contributed by atoms with van der Waals surface area (Å²) in [7, 11) is 1.65. The van der Waals surface area contributed by atoms with Crippen LogP contribution in [0.5, 0.6) is 5.75 Å². The number of nitrogens with zero attached hydrogens (tertiary/aromatic N) is 2. The molecule has 3 rings (SSSR count). The molecule has 4 nitrogen and oxygen atoms in total. The summed E-state index contributed by atoms with van der Waals surface area (Å²) >= 11 is 6.01. The van der Waals surface area contributed by atoms with E-state index in [-0.39, 0.29) is 6.10 Å². The number of ether oxygens (including phenoxy) is 1. The van der Waals surface area contributed by atoms with Crippen LogP contribution in [-0.2, 0) is 6.42 Å². The lowest BCUT2D eigenvalue weighted by molar-refractivity contribution is 0.184. The Hall–Kier alpha value is -2.30. The Morgan fingerprint density at radius 1 is 1.12 bits per heavy atom. The summed E-state index contributed by atoms with van der Waals surface area (Å²) in [6, 6.07) is 17.6. The first-order valence-corrected chi connectivity index (χ1v) is 8.62. The number of halogens is 1. The van der Waals surface area contributed by atoms with Gasteiger partial charge < -0.3 is 9.84 Å². The molecule has 1 heterocycles. The molecule has 0 spiro atoms. The molecule has 130 valence electrons. The molecular formula is C20H21ClN2O2. The number of rotatable bonds is 6. The zero-order valence-corrected chi connectivity index (χ0v) is 15.1. The first-order chi connectivity index (χ1) is 12.1. The predicted octanol–water partition coefficient (Wildman–Crippen LogP) is 4.51. The maximum atomic E-state index is 9.55. The molecule has 0 aliphatic rings. The monoisotopic (exact) mass is 356 g/mol. The minimum absolute atomic E-state index is 0.342. The molecular weight excluding hydrogens is 336 g/mol. The molecule has 0 aliphatic carbocycles. The summed E-state index contributed by atoms with van der Waals surface area (Å²) < 4.78 is 7.15. The van der Waals surface area contributed by atoms with Gasteiger partial charge in [0.15, 0.2) is 0 Å². The third-order valence-corrected chi connectivity index (χ3v) is 4.29. The number of benzene rings is 2. The third-order valence-electron chi connectivity index (χ3n) is 4.04. The first-order valence-electron chi connectivity index (χ1n) is 8.24. The van der Waals surface area contributed by atoms with Gasteiger partial charge in [-0.2, -0.15) is 5.10 Å². The number of aromatic nitrogens is 2. The van der Waals surface area contributed by atoms with Crippen molar-refractivity contribution < 1.29 is 9.84 Å². The number of methoxy groups -OCH3 is 1. The van der Waals surface area contributed by atoms with Crippen LogP contribution in [0.25, 0.3) is 16.9 Å². The van der Waals surface area contributed by atoms with Gasteiger partial charge in [-0.05, 0) is 62.2 Å². The van der Waals surface area contributed by atoms with Gasteiger partial charge >= 0.3 is 0 Å². The fourth-order valence-electron chi connectivity index (χ4n) is 2.66. The lowest BCUT2D eigenvalue weighted by Gasteiger charge is -2.08. The number of aliphatic hydroxyl groups is 1. The van der Waals surface area contributed by atoms with Gasteiger partial charge in [0.05, 0.1) is 30.3 Å². The van der Waals surface area contributed by atoms with Gasteiger partial charge in [0, 0.05) is 10.6 Å². The minimum atomic E-state index is -0.342. The zero-order chi connectivity index (χ0) is 17.8. The van der Waals surface area contributed by atoms with Crippen molar-refractivity contribution in [2.45, 2.75) is 25.9 Å². The number of hydrogen-bond acceptors (Lipinski definition) is 3. The van der Waals surface area contributed by atoms with Crippen molar-refractivity contribution in [3.05, 3.63) is 65.3 Å². The van der Waals surface area contributed by atoms with Crippen molar-refractivity contribution in [1.82, 2.24) is 9.78 Å². The van der Waals surface area contributed by atoms with Crippen LogP contribution in [0.2, 0.25) is 5.02 Å². The van der Waals surface area contributed by atoms with E-state index in [0.717, 1.165) is 34.8 Å². The molecule has 0 radical (unpaired) electrons. The highest BCUT2D eigenvalue weighted by Crippen LogP contribution is 2.27. The van der Waals surface area contributed by atoms with Crippen molar-refractivity contribution >= 4 is 11.6 Å². The Morgan fingerprint density at radius 3 is 2.40 bits per heavy atom. The zero-order valence-electron chi connectivity index (χ0n) is 14.3. The van der Waals surface area contributed by atoms with Crippen molar-refractivity contribution in [1.29, 1.82) is 0 Å². The lowest BCUT2D eigenvalue weighted by Crippen LogP contribution is -2.03. The van der Waals surface area contributed by atoms with E-state index in [0.29, 0.717) is 11.4 Å². The molecule has 1 N–H and O–H groups in total. The maximum Gasteiger partial charge on any atom is 0.119 e. The Bertz CT molecular complexity index is 824. The fraction of sp³-hybridized carbons (Fsp3) is 0.250. The quantitative estimate of drug-likeness (QED) is 0.706. The Morgan fingerprint density at radius 2 is 1.80 bits per heavy atom. The molecule has 0 aliphatic heterocycles. The standard InChI is InChI=1S/C20H21ClN2O2/c1-14(24)3-8-17-13-20(15-4-6-16(21)7-5-15)23(22-17)18-9-11-19(25-2)12-10-18/h4-7,9-14,24H,3,8H2,1-2H3. The Balaban J connectivity index is 2.02. The van der Waals surface area contributed by atoms with Crippen molar-refractivity contribution in [2.24, 2.45) is 0 Å². The normalized spacial score (nSPS) is 12.2. The summed E-state index contributed by atoms with van der Waals surface area (Å²) in [5, 5.41) is 15.0. The minimum Gasteiger partial charge on any atom is -0.497 e. The number of aryl methyl sites for hydroxylation is 1. The summed E-state index contributed by atoms with van der Waals surface area (Å²) in [6.07, 6.45) is 1.06. The average molecular weight is 357 g/mol. The van der Waals surface area contributed by atoms with E-state index in [2.05, 4.69) is 6.07 Å². The highest BCUT2D eigenvalue weighted by Gasteiger charge is 2.12. The summed E-state index contributed by atoms with van der Waals surface area (Å²) in [4.78, 5) is 0. The van der Waals surface area contributed by atoms with Gasteiger partial charge in [0.2, 0.25) is 0 Å². The third kappa shape index (κ3) is 4.21. The van der Waals surface area contributed by atoms with Crippen LogP contribution in [-0.4, -0.2) is 28.1 Å². The molecule has 5 heteroatoms. The van der Waals surface area contributed by atoms with Gasteiger partial charge in [-0.15, -0.1) is 0 Å². The van der Waals surface area contributed by atoms with Gasteiger partial charge in [-0.1, -0.05) is 23.7 Å². The van der Waals surface area contributed by atoms with Crippen LogP contribution in [0, 0.1) is 0 Å². The molecule has 1 atom stereocenters. The van der Waals surface area contributed by atoms with Crippen molar-refractivity contribution in [3.63, 3.8) is 0 Å². The summed E-state index contributed by atoms with van der Waals surface area (Å²) in [5.41, 5.74) is 3.93. The molecule has 1 aromatic heterocycles. The Kier molecular flexibility index (Phi) is 5.41. The van der Waals surface area contributed by atoms with E-state index >= 15 is 0 Å². The highest BCUT2D eigenvalue weighted by atomic mass is 35.5. The van der Waals surface area contributed by atoms with E-state index in [9.17, 15) is 5.11 Å². The van der Waals surface area contributed by atoms with Gasteiger partial charge in [0.1, 0.15) is 5.75 Å². The molecule has 0 amide bonds. The first kappa shape index (κ1) is 17.5. The van der Waals surface area contributed by atoms with Crippen molar-refractivity contribution in [3.8, 4) is 22.7 Å². The largest absolute Gasteiger partial charge is 0.497 e. The van der Waals surface area contributed by atoms with Crippen LogP contribution in [0.15, 0.2) is 54.6 Å². The van der Waals surface area contributed by atoms with Crippen LogP contribution in [0.4, 0.5) is 0 Å². The van der Waals surface area contributed by atoms with E-state index in [1.165, 1.54) is 0 Å². The van der Waals surface area contributed by atoms with Gasteiger partial charge in [0.25, 0.3) is 0 Å². The van der Waals surface area contributed by atoms with E-state index in [4.69, 9.17) is 21.4 Å². The van der Waals surface area contributed by atoms with Gasteiger partial charge in [-0.25, -0.2) is 4.68 Å². The Labute approximate surface area is 152 Å². The fourth-order valence-corrected chi connectivity index (χ4v) is 2.78. The van der Waals surface area contributed by atoms with Crippen molar-refractivity contribution in [2.75, 3.05) is 7.11 Å². The second-order valence-electron chi connectivity index (χ2n) is 6.03. The number of hydrogen-bond donors (Lipinski definition) is 1. The van der Waals surface area contributed by atoms with Crippen LogP contribution in [0.3, 0.4) is 0 Å². The van der Waals surface area contributed by atoms with Crippen LogP contribution in [0.1, 0.15) is 19.0 Å². The maximum absolute atomic E-state index is 9.55. The molecule has 25 heavy (non-hydrogen) atoms. The molecule has 3 aromatic rings. The molecule has 0 fully saturated rings. The van der Waals surface area contributed by atoms with E-state index < -0.39 is 0 Å². The average Bonchev–Trinajstić information content (AvgIpc) is 3.05. The summed E-state index contributed by atoms with van der Waals surface area (Å²) in [6.45, 7) is 1.79. The van der Waals surface area contributed by atoms with Crippen LogP contribution < -0.4 is 4.74 Å². The second kappa shape index (κ2) is 7.72. The SMILES string of the molecule is COc1ccc(-n2nc(CCC(C)O)cc2-c2ccc(Cl)cc2)cc1. The molecule has 2 aromatic carbocycles. The topological polar surface area (TPSA) is 47.3 Å². The second-order valence-corrected chi connectivity index (χ2v) is 6.46. The van der Waals surface area contributed by atoms with E-state index in [1.807, 2.05) is 53.2 Å². The smallest absolute Gasteiger partial charge is 0.119 e. The molecule has 1 unspecified atom stereocenters. The molecule has 0 bridgehead atoms. The molecule has 0 saturated heterocycles. The van der Waals surface area contributed by atoms with Gasteiger partial charge in [-0.3, -0.25) is 0 Å². The summed E-state index contributed by atoms with van der Waals surface area (Å²) in [5.74, 6) is 0.804. The molecule has 0 saturated carbocycles. The van der Waals surface area contributed by atoms with E-state index in [1.54, 1.807) is 14.0 Å².